The van der Waals surface area contributed by atoms with E-state index in [0.717, 1.165) is 12.5 Å². The second-order valence-electron chi connectivity index (χ2n) is 5.01. The van der Waals surface area contributed by atoms with Gasteiger partial charge in [0.1, 0.15) is 0 Å². The lowest BCUT2D eigenvalue weighted by Crippen LogP contribution is -2.24. The highest BCUT2D eigenvalue weighted by atomic mass is 15.3. The minimum Gasteiger partial charge on any atom is -0.312 e. The van der Waals surface area contributed by atoms with Gasteiger partial charge in [-0.3, -0.25) is 4.68 Å². The lowest BCUT2D eigenvalue weighted by Gasteiger charge is -2.21. The molecule has 1 aliphatic carbocycles. The first kappa shape index (κ1) is 11.6. The quantitative estimate of drug-likeness (QED) is 0.846. The average Bonchev–Trinajstić information content (AvgIpc) is 2.62. The molecular formula is C13H23N3. The summed E-state index contributed by atoms with van der Waals surface area (Å²) in [7, 11) is 2.00. The van der Waals surface area contributed by atoms with E-state index >= 15 is 0 Å². The van der Waals surface area contributed by atoms with Crippen molar-refractivity contribution in [2.45, 2.75) is 45.6 Å². The van der Waals surface area contributed by atoms with E-state index in [9.17, 15) is 0 Å². The van der Waals surface area contributed by atoms with Gasteiger partial charge in [0.05, 0.1) is 6.20 Å². The molecule has 1 N–H and O–H groups in total. The van der Waals surface area contributed by atoms with Gasteiger partial charge in [0.15, 0.2) is 0 Å². The molecule has 1 fully saturated rings. The van der Waals surface area contributed by atoms with Gasteiger partial charge in [-0.15, -0.1) is 0 Å². The smallest absolute Gasteiger partial charge is 0.0537 e. The Balaban J connectivity index is 1.73. The lowest BCUT2D eigenvalue weighted by atomic mass is 9.89. The van der Waals surface area contributed by atoms with Gasteiger partial charge in [-0.1, -0.05) is 19.3 Å². The van der Waals surface area contributed by atoms with Crippen LogP contribution in [0.25, 0.3) is 0 Å². The Morgan fingerprint density at radius 3 is 2.75 bits per heavy atom. The minimum atomic E-state index is 0.908. The molecule has 1 saturated carbocycles. The largest absolute Gasteiger partial charge is 0.312 e. The third kappa shape index (κ3) is 2.85. The van der Waals surface area contributed by atoms with Crippen LogP contribution < -0.4 is 5.32 Å². The standard InChI is InChI=1S/C13H23N3/c1-11-13(10-15-16(11)2)9-14-8-12-6-4-3-5-7-12/h10,12,14H,3-9H2,1-2H3. The summed E-state index contributed by atoms with van der Waals surface area (Å²) in [6, 6.07) is 0. The van der Waals surface area contributed by atoms with Crippen molar-refractivity contribution in [2.24, 2.45) is 13.0 Å². The zero-order valence-electron chi connectivity index (χ0n) is 10.5. The van der Waals surface area contributed by atoms with Crippen molar-refractivity contribution < 1.29 is 0 Å². The van der Waals surface area contributed by atoms with Crippen LogP contribution in [0.1, 0.15) is 43.4 Å². The minimum absolute atomic E-state index is 0.908. The van der Waals surface area contributed by atoms with Gasteiger partial charge >= 0.3 is 0 Å². The topological polar surface area (TPSA) is 29.9 Å². The maximum Gasteiger partial charge on any atom is 0.0537 e. The Bertz CT molecular complexity index is 324. The number of nitrogens with zero attached hydrogens (tertiary/aromatic N) is 2. The van der Waals surface area contributed by atoms with Gasteiger partial charge in [0.2, 0.25) is 0 Å². The third-order valence-corrected chi connectivity index (χ3v) is 3.81. The summed E-state index contributed by atoms with van der Waals surface area (Å²) >= 11 is 0. The van der Waals surface area contributed by atoms with E-state index in [1.807, 2.05) is 17.9 Å². The zero-order chi connectivity index (χ0) is 11.4. The highest BCUT2D eigenvalue weighted by molar-refractivity contribution is 5.15. The molecule has 3 heteroatoms. The number of nitrogens with one attached hydrogen (secondary N) is 1. The van der Waals surface area contributed by atoms with Crippen LogP contribution in [0.5, 0.6) is 0 Å². The first-order valence-corrected chi connectivity index (χ1v) is 6.45. The molecule has 1 heterocycles. The molecule has 90 valence electrons. The number of aryl methyl sites for hydroxylation is 1. The summed E-state index contributed by atoms with van der Waals surface area (Å²) < 4.78 is 1.94. The average molecular weight is 221 g/mol. The predicted molar refractivity (Wildman–Crippen MR) is 66.2 cm³/mol. The molecule has 1 aliphatic rings. The maximum atomic E-state index is 4.26. The fraction of sp³-hybridized carbons (Fsp3) is 0.769. The summed E-state index contributed by atoms with van der Waals surface area (Å²) in [6.45, 7) is 4.27. The fourth-order valence-electron chi connectivity index (χ4n) is 2.52. The molecule has 0 aliphatic heterocycles. The van der Waals surface area contributed by atoms with Crippen LogP contribution in [-0.2, 0) is 13.6 Å². The Hall–Kier alpha value is -0.830. The normalized spacial score (nSPS) is 17.9. The molecule has 0 spiro atoms. The Morgan fingerprint density at radius 1 is 1.38 bits per heavy atom. The third-order valence-electron chi connectivity index (χ3n) is 3.81. The molecular weight excluding hydrogens is 198 g/mol. The number of hydrogen-bond acceptors (Lipinski definition) is 2. The second kappa shape index (κ2) is 5.48. The molecule has 0 atom stereocenters. The number of hydrogen-bond donors (Lipinski definition) is 1. The summed E-state index contributed by atoms with van der Waals surface area (Å²) in [6.07, 6.45) is 9.11. The summed E-state index contributed by atoms with van der Waals surface area (Å²) in [5.41, 5.74) is 2.61. The van der Waals surface area contributed by atoms with Crippen molar-refractivity contribution in [3.05, 3.63) is 17.5 Å². The van der Waals surface area contributed by atoms with Gasteiger partial charge in [0.25, 0.3) is 0 Å². The van der Waals surface area contributed by atoms with E-state index in [-0.39, 0.29) is 0 Å². The van der Waals surface area contributed by atoms with Crippen molar-refractivity contribution in [2.75, 3.05) is 6.54 Å². The summed E-state index contributed by atoms with van der Waals surface area (Å²) in [5, 5.41) is 7.83. The maximum absolute atomic E-state index is 4.26. The van der Waals surface area contributed by atoms with Gasteiger partial charge in [-0.2, -0.15) is 5.10 Å². The SMILES string of the molecule is Cc1c(CNCC2CCCCC2)cnn1C. The van der Waals surface area contributed by atoms with Gasteiger partial charge in [-0.25, -0.2) is 0 Å². The van der Waals surface area contributed by atoms with Crippen LogP contribution >= 0.6 is 0 Å². The molecule has 0 radical (unpaired) electrons. The van der Waals surface area contributed by atoms with E-state index in [2.05, 4.69) is 17.3 Å². The molecule has 0 bridgehead atoms. The van der Waals surface area contributed by atoms with Gasteiger partial charge < -0.3 is 5.32 Å². The van der Waals surface area contributed by atoms with E-state index in [4.69, 9.17) is 0 Å². The number of aromatic nitrogens is 2. The van der Waals surface area contributed by atoms with Crippen LogP contribution in [0.15, 0.2) is 6.20 Å². The fourth-order valence-corrected chi connectivity index (χ4v) is 2.52. The second-order valence-corrected chi connectivity index (χ2v) is 5.01. The number of rotatable bonds is 4. The first-order chi connectivity index (χ1) is 7.77. The molecule has 16 heavy (non-hydrogen) atoms. The van der Waals surface area contributed by atoms with Gasteiger partial charge in [0, 0.05) is 24.8 Å². The van der Waals surface area contributed by atoms with Crippen molar-refractivity contribution in [1.82, 2.24) is 15.1 Å². The van der Waals surface area contributed by atoms with E-state index in [1.165, 1.54) is 49.9 Å². The highest BCUT2D eigenvalue weighted by Crippen LogP contribution is 2.22. The lowest BCUT2D eigenvalue weighted by molar-refractivity contribution is 0.342. The first-order valence-electron chi connectivity index (χ1n) is 6.45. The molecule has 1 aromatic rings. The van der Waals surface area contributed by atoms with Crippen molar-refractivity contribution in [3.63, 3.8) is 0 Å². The monoisotopic (exact) mass is 221 g/mol. The van der Waals surface area contributed by atoms with Crippen LogP contribution in [0.4, 0.5) is 0 Å². The molecule has 3 nitrogen and oxygen atoms in total. The Kier molecular flexibility index (Phi) is 3.99. The van der Waals surface area contributed by atoms with E-state index in [1.54, 1.807) is 0 Å². The van der Waals surface area contributed by atoms with Crippen molar-refractivity contribution in [3.8, 4) is 0 Å². The molecule has 0 unspecified atom stereocenters. The summed E-state index contributed by atoms with van der Waals surface area (Å²) in [5.74, 6) is 0.908. The summed E-state index contributed by atoms with van der Waals surface area (Å²) in [4.78, 5) is 0. The molecule has 0 amide bonds. The molecule has 2 rings (SSSR count). The van der Waals surface area contributed by atoms with Crippen LogP contribution in [-0.4, -0.2) is 16.3 Å². The highest BCUT2D eigenvalue weighted by Gasteiger charge is 2.12. The Morgan fingerprint density at radius 2 is 2.12 bits per heavy atom. The van der Waals surface area contributed by atoms with Crippen molar-refractivity contribution in [1.29, 1.82) is 0 Å². The molecule has 0 saturated heterocycles. The Labute approximate surface area is 98.2 Å². The van der Waals surface area contributed by atoms with E-state index < -0.39 is 0 Å². The van der Waals surface area contributed by atoms with Crippen molar-refractivity contribution >= 4 is 0 Å². The molecule has 1 aromatic heterocycles. The van der Waals surface area contributed by atoms with Crippen LogP contribution in [0.3, 0.4) is 0 Å². The zero-order valence-corrected chi connectivity index (χ0v) is 10.5. The van der Waals surface area contributed by atoms with Crippen LogP contribution in [0.2, 0.25) is 0 Å². The predicted octanol–water partition coefficient (Wildman–Crippen LogP) is 2.40. The van der Waals surface area contributed by atoms with Gasteiger partial charge in [-0.05, 0) is 32.2 Å². The van der Waals surface area contributed by atoms with Crippen LogP contribution in [0, 0.1) is 12.8 Å². The molecule has 0 aromatic carbocycles. The van der Waals surface area contributed by atoms with E-state index in [0.29, 0.717) is 0 Å².